The monoisotopic (exact) mass is 303 g/mol. The van der Waals surface area contributed by atoms with E-state index in [2.05, 4.69) is 30.4 Å². The Morgan fingerprint density at radius 3 is 2.62 bits per heavy atom. The van der Waals surface area contributed by atoms with E-state index in [9.17, 15) is 0 Å². The first-order valence-corrected chi connectivity index (χ1v) is 7.82. The summed E-state index contributed by atoms with van der Waals surface area (Å²) in [7, 11) is 0. The Bertz CT molecular complexity index is 571. The number of hydrogen-bond acceptors (Lipinski definition) is 2. The SMILES string of the molecule is CCNC(Cc1cccc(Cl)c1)c1ccccc1OCC. The van der Waals surface area contributed by atoms with Crippen LogP contribution < -0.4 is 10.1 Å². The van der Waals surface area contributed by atoms with E-state index in [4.69, 9.17) is 16.3 Å². The third kappa shape index (κ3) is 4.48. The van der Waals surface area contributed by atoms with Gasteiger partial charge in [-0.1, -0.05) is 48.9 Å². The highest BCUT2D eigenvalue weighted by atomic mass is 35.5. The standard InChI is InChI=1S/C18H22ClNO/c1-3-20-17(13-14-8-7-9-15(19)12-14)16-10-5-6-11-18(16)21-4-2/h5-12,17,20H,3-4,13H2,1-2H3. The maximum absolute atomic E-state index is 6.09. The van der Waals surface area contributed by atoms with Crippen LogP contribution in [-0.2, 0) is 6.42 Å². The number of rotatable bonds is 7. The second-order valence-electron chi connectivity index (χ2n) is 4.92. The molecular weight excluding hydrogens is 282 g/mol. The van der Waals surface area contributed by atoms with Crippen molar-refractivity contribution in [3.63, 3.8) is 0 Å². The summed E-state index contributed by atoms with van der Waals surface area (Å²) in [6, 6.07) is 16.5. The van der Waals surface area contributed by atoms with Gasteiger partial charge in [-0.15, -0.1) is 0 Å². The molecule has 112 valence electrons. The molecule has 0 fully saturated rings. The van der Waals surface area contributed by atoms with Crippen LogP contribution in [-0.4, -0.2) is 13.2 Å². The molecule has 1 atom stereocenters. The zero-order valence-corrected chi connectivity index (χ0v) is 13.4. The van der Waals surface area contributed by atoms with Crippen LogP contribution in [0.1, 0.15) is 31.0 Å². The maximum Gasteiger partial charge on any atom is 0.124 e. The molecule has 0 aliphatic heterocycles. The Kier molecular flexibility index (Phi) is 6.09. The molecule has 0 amide bonds. The van der Waals surface area contributed by atoms with E-state index in [0.717, 1.165) is 23.7 Å². The van der Waals surface area contributed by atoms with E-state index in [0.29, 0.717) is 6.61 Å². The minimum absolute atomic E-state index is 0.219. The molecule has 0 saturated carbocycles. The fraction of sp³-hybridized carbons (Fsp3) is 0.333. The van der Waals surface area contributed by atoms with Crippen molar-refractivity contribution in [1.82, 2.24) is 5.32 Å². The van der Waals surface area contributed by atoms with E-state index in [-0.39, 0.29) is 6.04 Å². The van der Waals surface area contributed by atoms with Crippen LogP contribution in [0.3, 0.4) is 0 Å². The summed E-state index contributed by atoms with van der Waals surface area (Å²) in [5, 5.41) is 4.32. The van der Waals surface area contributed by atoms with Gasteiger partial charge in [0, 0.05) is 16.6 Å². The van der Waals surface area contributed by atoms with Gasteiger partial charge in [-0.25, -0.2) is 0 Å². The lowest BCUT2D eigenvalue weighted by atomic mass is 9.98. The first-order chi connectivity index (χ1) is 10.2. The Balaban J connectivity index is 2.26. The Morgan fingerprint density at radius 2 is 1.90 bits per heavy atom. The Morgan fingerprint density at radius 1 is 1.10 bits per heavy atom. The molecule has 2 aromatic carbocycles. The van der Waals surface area contributed by atoms with Crippen LogP contribution in [0, 0.1) is 0 Å². The van der Waals surface area contributed by atoms with Crippen LogP contribution in [0.25, 0.3) is 0 Å². The third-order valence-electron chi connectivity index (χ3n) is 3.37. The van der Waals surface area contributed by atoms with E-state index < -0.39 is 0 Å². The summed E-state index contributed by atoms with van der Waals surface area (Å²) in [6.45, 7) is 5.71. The van der Waals surface area contributed by atoms with Gasteiger partial charge in [0.15, 0.2) is 0 Å². The molecule has 2 nitrogen and oxygen atoms in total. The number of likely N-dealkylation sites (N-methyl/N-ethyl adjacent to an activating group) is 1. The fourth-order valence-electron chi connectivity index (χ4n) is 2.49. The van der Waals surface area contributed by atoms with Crippen LogP contribution >= 0.6 is 11.6 Å². The van der Waals surface area contributed by atoms with Crippen LogP contribution in [0.2, 0.25) is 5.02 Å². The second kappa shape index (κ2) is 8.06. The second-order valence-corrected chi connectivity index (χ2v) is 5.35. The minimum atomic E-state index is 0.219. The van der Waals surface area contributed by atoms with Crippen molar-refractivity contribution in [3.8, 4) is 5.75 Å². The van der Waals surface area contributed by atoms with Crippen molar-refractivity contribution < 1.29 is 4.74 Å². The molecule has 0 heterocycles. The lowest BCUT2D eigenvalue weighted by Gasteiger charge is -2.21. The van der Waals surface area contributed by atoms with Crippen molar-refractivity contribution in [1.29, 1.82) is 0 Å². The van der Waals surface area contributed by atoms with Gasteiger partial charge in [-0.3, -0.25) is 0 Å². The molecule has 21 heavy (non-hydrogen) atoms. The molecule has 0 radical (unpaired) electrons. The summed E-state index contributed by atoms with van der Waals surface area (Å²) >= 11 is 6.09. The zero-order valence-electron chi connectivity index (χ0n) is 12.6. The lowest BCUT2D eigenvalue weighted by molar-refractivity contribution is 0.331. The van der Waals surface area contributed by atoms with Gasteiger partial charge in [0.1, 0.15) is 5.75 Å². The van der Waals surface area contributed by atoms with Crippen molar-refractivity contribution in [2.24, 2.45) is 0 Å². The van der Waals surface area contributed by atoms with Gasteiger partial charge in [-0.2, -0.15) is 0 Å². The van der Waals surface area contributed by atoms with Crippen LogP contribution in [0.5, 0.6) is 5.75 Å². The van der Waals surface area contributed by atoms with Gasteiger partial charge in [0.05, 0.1) is 6.61 Å². The predicted molar refractivity (Wildman–Crippen MR) is 89.2 cm³/mol. The first-order valence-electron chi connectivity index (χ1n) is 7.44. The molecule has 0 aromatic heterocycles. The molecule has 3 heteroatoms. The topological polar surface area (TPSA) is 21.3 Å². The number of para-hydroxylation sites is 1. The van der Waals surface area contributed by atoms with E-state index in [1.165, 1.54) is 11.1 Å². The zero-order chi connectivity index (χ0) is 15.1. The highest BCUT2D eigenvalue weighted by Gasteiger charge is 2.15. The number of benzene rings is 2. The van der Waals surface area contributed by atoms with E-state index in [1.54, 1.807) is 0 Å². The lowest BCUT2D eigenvalue weighted by Crippen LogP contribution is -2.23. The minimum Gasteiger partial charge on any atom is -0.494 e. The molecule has 0 saturated heterocycles. The van der Waals surface area contributed by atoms with Crippen molar-refractivity contribution >= 4 is 11.6 Å². The molecule has 0 spiro atoms. The largest absolute Gasteiger partial charge is 0.494 e. The molecule has 2 rings (SSSR count). The summed E-state index contributed by atoms with van der Waals surface area (Å²) in [5.41, 5.74) is 2.42. The van der Waals surface area contributed by atoms with Crippen molar-refractivity contribution in [2.45, 2.75) is 26.3 Å². The van der Waals surface area contributed by atoms with Gasteiger partial charge in [-0.05, 0) is 43.7 Å². The normalized spacial score (nSPS) is 12.1. The molecule has 0 aliphatic carbocycles. The van der Waals surface area contributed by atoms with E-state index >= 15 is 0 Å². The average molecular weight is 304 g/mol. The summed E-state index contributed by atoms with van der Waals surface area (Å²) in [6.07, 6.45) is 0.887. The highest BCUT2D eigenvalue weighted by molar-refractivity contribution is 6.30. The third-order valence-corrected chi connectivity index (χ3v) is 3.61. The number of nitrogens with one attached hydrogen (secondary N) is 1. The molecule has 1 N–H and O–H groups in total. The summed E-state index contributed by atoms with van der Waals surface area (Å²) in [5.74, 6) is 0.952. The Hall–Kier alpha value is -1.51. The predicted octanol–water partition coefficient (Wildman–Crippen LogP) is 4.63. The number of ether oxygens (including phenoxy) is 1. The fourth-order valence-corrected chi connectivity index (χ4v) is 2.71. The van der Waals surface area contributed by atoms with Gasteiger partial charge >= 0.3 is 0 Å². The average Bonchev–Trinajstić information content (AvgIpc) is 2.48. The maximum atomic E-state index is 6.09. The smallest absolute Gasteiger partial charge is 0.124 e. The molecular formula is C18H22ClNO. The molecule has 0 bridgehead atoms. The van der Waals surface area contributed by atoms with Crippen molar-refractivity contribution in [2.75, 3.05) is 13.2 Å². The van der Waals surface area contributed by atoms with Gasteiger partial charge in [0.2, 0.25) is 0 Å². The van der Waals surface area contributed by atoms with Crippen molar-refractivity contribution in [3.05, 3.63) is 64.7 Å². The Labute approximate surface area is 132 Å². The molecule has 0 aliphatic rings. The van der Waals surface area contributed by atoms with E-state index in [1.807, 2.05) is 37.3 Å². The van der Waals surface area contributed by atoms with Crippen LogP contribution in [0.4, 0.5) is 0 Å². The molecule has 2 aromatic rings. The summed E-state index contributed by atoms with van der Waals surface area (Å²) < 4.78 is 5.76. The number of halogens is 1. The highest BCUT2D eigenvalue weighted by Crippen LogP contribution is 2.28. The van der Waals surface area contributed by atoms with Gasteiger partial charge < -0.3 is 10.1 Å². The van der Waals surface area contributed by atoms with Crippen LogP contribution in [0.15, 0.2) is 48.5 Å². The number of hydrogen-bond donors (Lipinski definition) is 1. The van der Waals surface area contributed by atoms with Gasteiger partial charge in [0.25, 0.3) is 0 Å². The first kappa shape index (κ1) is 15.9. The molecule has 1 unspecified atom stereocenters. The summed E-state index contributed by atoms with van der Waals surface area (Å²) in [4.78, 5) is 0. The quantitative estimate of drug-likeness (QED) is 0.805.